The Morgan fingerprint density at radius 2 is 2.21 bits per heavy atom. The number of hydrogen-bond acceptors (Lipinski definition) is 5. The van der Waals surface area contributed by atoms with Crippen molar-refractivity contribution in [1.82, 2.24) is 10.3 Å². The maximum atomic E-state index is 12.7. The number of rotatable bonds is 4. The van der Waals surface area contributed by atoms with Crippen LogP contribution in [0.1, 0.15) is 51.0 Å². The molecule has 1 aliphatic heterocycles. The number of carbonyl (C=O) groups is 2. The Kier molecular flexibility index (Phi) is 4.79. The monoisotopic (exact) mass is 326 g/mol. The summed E-state index contributed by atoms with van der Waals surface area (Å²) in [5, 5.41) is 3.34. The summed E-state index contributed by atoms with van der Waals surface area (Å²) in [6, 6.07) is 3.75. The molecule has 5 nitrogen and oxygen atoms in total. The average molecular weight is 326 g/mol. The largest absolute Gasteiger partial charge is 0.463 e. The van der Waals surface area contributed by atoms with E-state index in [9.17, 15) is 9.59 Å². The van der Waals surface area contributed by atoms with Crippen molar-refractivity contribution in [1.29, 1.82) is 0 Å². The molecule has 0 saturated heterocycles. The molecule has 0 saturated carbocycles. The van der Waals surface area contributed by atoms with Crippen molar-refractivity contribution >= 4 is 11.8 Å². The van der Waals surface area contributed by atoms with Crippen molar-refractivity contribution in [3.8, 4) is 0 Å². The van der Waals surface area contributed by atoms with E-state index in [4.69, 9.17) is 4.74 Å². The first-order valence-electron chi connectivity index (χ1n) is 8.50. The van der Waals surface area contributed by atoms with E-state index < -0.39 is 5.92 Å². The molecule has 2 aliphatic rings. The Morgan fingerprint density at radius 1 is 1.38 bits per heavy atom. The van der Waals surface area contributed by atoms with Gasteiger partial charge in [0.15, 0.2) is 5.78 Å². The molecule has 24 heavy (non-hydrogen) atoms. The number of allylic oxidation sites excluding steroid dienone is 3. The highest BCUT2D eigenvalue weighted by Crippen LogP contribution is 2.42. The maximum Gasteiger partial charge on any atom is 0.336 e. The van der Waals surface area contributed by atoms with Gasteiger partial charge in [-0.3, -0.25) is 9.78 Å². The molecule has 3 rings (SSSR count). The molecule has 1 aliphatic carbocycles. The number of esters is 1. The molecule has 1 atom stereocenters. The van der Waals surface area contributed by atoms with Gasteiger partial charge in [-0.15, -0.1) is 0 Å². The number of hydrogen-bond donors (Lipinski definition) is 1. The van der Waals surface area contributed by atoms with Gasteiger partial charge < -0.3 is 10.1 Å². The third kappa shape index (κ3) is 2.86. The molecule has 0 fully saturated rings. The molecular formula is C19H22N2O3. The molecule has 1 N–H and O–H groups in total. The fourth-order valence-corrected chi connectivity index (χ4v) is 3.51. The Morgan fingerprint density at radius 3 is 2.88 bits per heavy atom. The van der Waals surface area contributed by atoms with Crippen LogP contribution < -0.4 is 5.32 Å². The van der Waals surface area contributed by atoms with Gasteiger partial charge in [-0.25, -0.2) is 4.79 Å². The topological polar surface area (TPSA) is 68.3 Å². The van der Waals surface area contributed by atoms with Crippen LogP contribution in [0.4, 0.5) is 0 Å². The zero-order chi connectivity index (χ0) is 17.1. The molecule has 1 aromatic heterocycles. The molecule has 0 amide bonds. The maximum absolute atomic E-state index is 12.7. The smallest absolute Gasteiger partial charge is 0.336 e. The summed E-state index contributed by atoms with van der Waals surface area (Å²) in [7, 11) is 0. The Bertz CT molecular complexity index is 719. The van der Waals surface area contributed by atoms with Crippen LogP contribution >= 0.6 is 0 Å². The van der Waals surface area contributed by atoms with E-state index in [0.29, 0.717) is 30.6 Å². The highest BCUT2D eigenvalue weighted by Gasteiger charge is 2.39. The average Bonchev–Trinajstić information content (AvgIpc) is 2.61. The van der Waals surface area contributed by atoms with E-state index in [1.807, 2.05) is 19.1 Å². The summed E-state index contributed by atoms with van der Waals surface area (Å²) < 4.78 is 5.29. The fraction of sp³-hybridized carbons (Fsp3) is 0.421. The van der Waals surface area contributed by atoms with Crippen molar-refractivity contribution in [2.45, 2.75) is 45.4 Å². The van der Waals surface area contributed by atoms with E-state index in [1.165, 1.54) is 0 Å². The Hall–Kier alpha value is -2.43. The van der Waals surface area contributed by atoms with Gasteiger partial charge in [-0.1, -0.05) is 13.0 Å². The van der Waals surface area contributed by atoms with Crippen molar-refractivity contribution in [2.24, 2.45) is 0 Å². The number of carbonyl (C=O) groups excluding carboxylic acids is 2. The van der Waals surface area contributed by atoms with Crippen molar-refractivity contribution in [3.63, 3.8) is 0 Å². The first kappa shape index (κ1) is 16.4. The van der Waals surface area contributed by atoms with Crippen LogP contribution in [0.2, 0.25) is 0 Å². The summed E-state index contributed by atoms with van der Waals surface area (Å²) in [4.78, 5) is 29.5. The van der Waals surface area contributed by atoms with Gasteiger partial charge in [0.1, 0.15) is 0 Å². The second-order valence-electron chi connectivity index (χ2n) is 5.98. The van der Waals surface area contributed by atoms with Gasteiger partial charge in [-0.2, -0.15) is 0 Å². The van der Waals surface area contributed by atoms with Crippen molar-refractivity contribution < 1.29 is 14.3 Å². The molecule has 2 heterocycles. The van der Waals surface area contributed by atoms with Gasteiger partial charge in [0, 0.05) is 41.7 Å². The number of nitrogens with one attached hydrogen (secondary N) is 1. The fourth-order valence-electron chi connectivity index (χ4n) is 3.51. The summed E-state index contributed by atoms with van der Waals surface area (Å²) in [5.74, 6) is -0.646. The van der Waals surface area contributed by atoms with Gasteiger partial charge in [0.25, 0.3) is 0 Å². The van der Waals surface area contributed by atoms with E-state index in [2.05, 4.69) is 10.3 Å². The molecular weight excluding hydrogens is 304 g/mol. The summed E-state index contributed by atoms with van der Waals surface area (Å²) in [5.41, 5.74) is 3.90. The van der Waals surface area contributed by atoms with E-state index in [0.717, 1.165) is 29.8 Å². The third-order valence-corrected chi connectivity index (χ3v) is 4.53. The number of nitrogens with zero attached hydrogens (tertiary/aromatic N) is 1. The lowest BCUT2D eigenvalue weighted by Crippen LogP contribution is -2.35. The normalized spacial score (nSPS) is 20.6. The second-order valence-corrected chi connectivity index (χ2v) is 5.98. The van der Waals surface area contributed by atoms with Gasteiger partial charge in [0.05, 0.1) is 12.2 Å². The number of ketones is 1. The van der Waals surface area contributed by atoms with Crippen LogP contribution in [0.15, 0.2) is 47.1 Å². The summed E-state index contributed by atoms with van der Waals surface area (Å²) >= 11 is 0. The second kappa shape index (κ2) is 6.99. The van der Waals surface area contributed by atoms with Crippen LogP contribution in [0.5, 0.6) is 0 Å². The van der Waals surface area contributed by atoms with E-state index >= 15 is 0 Å². The molecule has 0 aromatic carbocycles. The number of dihydropyridines is 1. The zero-order valence-corrected chi connectivity index (χ0v) is 14.1. The molecule has 5 heteroatoms. The highest BCUT2D eigenvalue weighted by molar-refractivity contribution is 6.03. The molecule has 1 unspecified atom stereocenters. The third-order valence-electron chi connectivity index (χ3n) is 4.53. The number of Topliss-reactive ketones (excluding diaryl/α,β-unsaturated/α-hetero) is 1. The zero-order valence-electron chi connectivity index (χ0n) is 14.1. The lowest BCUT2D eigenvalue weighted by molar-refractivity contribution is -0.138. The minimum absolute atomic E-state index is 0.106. The quantitative estimate of drug-likeness (QED) is 0.862. The predicted octanol–water partition coefficient (Wildman–Crippen LogP) is 3.00. The predicted molar refractivity (Wildman–Crippen MR) is 89.9 cm³/mol. The summed E-state index contributed by atoms with van der Waals surface area (Å²) in [6.45, 7) is 4.09. The van der Waals surface area contributed by atoms with E-state index in [-0.39, 0.29) is 11.8 Å². The minimum atomic E-state index is -0.392. The van der Waals surface area contributed by atoms with Gasteiger partial charge in [-0.05, 0) is 37.8 Å². The molecule has 0 spiro atoms. The molecule has 126 valence electrons. The molecule has 1 aromatic rings. The number of ether oxygens (including phenoxy) is 1. The van der Waals surface area contributed by atoms with Gasteiger partial charge in [0.2, 0.25) is 0 Å². The van der Waals surface area contributed by atoms with Crippen LogP contribution in [0.3, 0.4) is 0 Å². The highest BCUT2D eigenvalue weighted by atomic mass is 16.5. The van der Waals surface area contributed by atoms with Crippen LogP contribution in [-0.2, 0) is 14.3 Å². The Balaban J connectivity index is 2.17. The number of pyridine rings is 1. The Labute approximate surface area is 141 Å². The van der Waals surface area contributed by atoms with Crippen molar-refractivity contribution in [3.05, 3.63) is 52.6 Å². The summed E-state index contributed by atoms with van der Waals surface area (Å²) in [6.07, 6.45) is 6.30. The SMILES string of the molecule is CCOC(=O)C1=C(CC)NC2=C(C(=O)CCC2)C1c1cccnc1. The minimum Gasteiger partial charge on any atom is -0.463 e. The van der Waals surface area contributed by atoms with E-state index in [1.54, 1.807) is 19.3 Å². The molecule has 0 bridgehead atoms. The lowest BCUT2D eigenvalue weighted by Gasteiger charge is -2.34. The van der Waals surface area contributed by atoms with Crippen LogP contribution in [0.25, 0.3) is 0 Å². The lowest BCUT2D eigenvalue weighted by atomic mass is 9.75. The number of aromatic nitrogens is 1. The first-order valence-corrected chi connectivity index (χ1v) is 8.50. The standard InChI is InChI=1S/C19H22N2O3/c1-3-13-18(19(23)24-4-2)16(12-7-6-10-20-11-12)17-14(21-13)8-5-9-15(17)22/h6-7,10-11,16,21H,3-5,8-9H2,1-2H3. The van der Waals surface area contributed by atoms with Crippen LogP contribution in [-0.4, -0.2) is 23.3 Å². The van der Waals surface area contributed by atoms with Gasteiger partial charge >= 0.3 is 5.97 Å². The molecule has 0 radical (unpaired) electrons. The first-order chi connectivity index (χ1) is 11.7. The van der Waals surface area contributed by atoms with Crippen molar-refractivity contribution in [2.75, 3.05) is 6.61 Å². The van der Waals surface area contributed by atoms with Crippen LogP contribution in [0, 0.1) is 0 Å².